The SMILES string of the molecule is C[C@@H]1[C@@H]([Si](C)(C)O)[C@H](CCn2cc(CCO)nn2)O[C@@H]1CCc1cccc(NC(=O)Cc2c[nH]c3ccccc23)c1. The van der Waals surface area contributed by atoms with Gasteiger partial charge in [0, 0.05) is 54.1 Å². The van der Waals surface area contributed by atoms with Crippen LogP contribution < -0.4 is 5.32 Å². The quantitative estimate of drug-likeness (QED) is 0.185. The van der Waals surface area contributed by atoms with Crippen LogP contribution in [0.3, 0.4) is 0 Å². The van der Waals surface area contributed by atoms with Gasteiger partial charge in [-0.15, -0.1) is 5.10 Å². The van der Waals surface area contributed by atoms with Gasteiger partial charge >= 0.3 is 0 Å². The number of anilines is 1. The number of rotatable bonds is 12. The lowest BCUT2D eigenvalue weighted by atomic mass is 9.95. The molecule has 41 heavy (non-hydrogen) atoms. The molecule has 1 amide bonds. The minimum absolute atomic E-state index is 0.0395. The third-order valence-electron chi connectivity index (χ3n) is 8.27. The van der Waals surface area contributed by atoms with Gasteiger partial charge in [0.25, 0.3) is 0 Å². The summed E-state index contributed by atoms with van der Waals surface area (Å²) >= 11 is 0. The summed E-state index contributed by atoms with van der Waals surface area (Å²) in [7, 11) is -2.47. The lowest BCUT2D eigenvalue weighted by Crippen LogP contribution is -2.40. The van der Waals surface area contributed by atoms with E-state index in [4.69, 9.17) is 9.84 Å². The summed E-state index contributed by atoms with van der Waals surface area (Å²) < 4.78 is 8.40. The van der Waals surface area contributed by atoms with Crippen molar-refractivity contribution in [2.24, 2.45) is 5.92 Å². The van der Waals surface area contributed by atoms with Gasteiger partial charge in [-0.05, 0) is 67.6 Å². The zero-order valence-corrected chi connectivity index (χ0v) is 25.1. The molecule has 2 aromatic heterocycles. The molecule has 1 aliphatic heterocycles. The highest BCUT2D eigenvalue weighted by molar-refractivity contribution is 6.71. The van der Waals surface area contributed by atoms with Crippen molar-refractivity contribution in [3.05, 3.63) is 77.7 Å². The number of amides is 1. The molecule has 4 atom stereocenters. The molecule has 4 N–H and O–H groups in total. The fraction of sp³-hybridized carbons (Fsp3) is 0.452. The number of aliphatic hydroxyl groups is 1. The van der Waals surface area contributed by atoms with Crippen molar-refractivity contribution in [2.45, 2.75) is 76.4 Å². The van der Waals surface area contributed by atoms with Gasteiger partial charge in [0.05, 0.1) is 24.3 Å². The molecule has 10 heteroatoms. The van der Waals surface area contributed by atoms with Crippen molar-refractivity contribution in [3.63, 3.8) is 0 Å². The van der Waals surface area contributed by atoms with Crippen LogP contribution in [0, 0.1) is 5.92 Å². The summed E-state index contributed by atoms with van der Waals surface area (Å²) in [5, 5.41) is 21.6. The molecule has 0 bridgehead atoms. The molecular formula is C31H41N5O4Si. The molecule has 2 aromatic carbocycles. The minimum Gasteiger partial charge on any atom is -0.432 e. The van der Waals surface area contributed by atoms with E-state index in [-0.39, 0.29) is 36.2 Å². The number of para-hydroxylation sites is 1. The molecule has 0 saturated carbocycles. The number of aromatic nitrogens is 4. The number of aliphatic hydroxyl groups excluding tert-OH is 1. The zero-order valence-electron chi connectivity index (χ0n) is 24.1. The van der Waals surface area contributed by atoms with Crippen LogP contribution in [0.5, 0.6) is 0 Å². The number of hydrogen-bond donors (Lipinski definition) is 4. The van der Waals surface area contributed by atoms with Crippen LogP contribution in [0.1, 0.15) is 36.6 Å². The Morgan fingerprint density at radius 2 is 1.95 bits per heavy atom. The van der Waals surface area contributed by atoms with Crippen LogP contribution in [-0.2, 0) is 35.3 Å². The van der Waals surface area contributed by atoms with Gasteiger partial charge in [-0.25, -0.2) is 0 Å². The van der Waals surface area contributed by atoms with Crippen molar-refractivity contribution < 1.29 is 19.4 Å². The highest BCUT2D eigenvalue weighted by Crippen LogP contribution is 2.45. The monoisotopic (exact) mass is 575 g/mol. The lowest BCUT2D eigenvalue weighted by molar-refractivity contribution is -0.115. The Hall–Kier alpha value is -3.31. The number of benzene rings is 2. The van der Waals surface area contributed by atoms with E-state index < -0.39 is 8.32 Å². The Bertz CT molecular complexity index is 1460. The standard InChI is InChI=1S/C31H41N5O4Si/c1-21-28(40-29(31(21)41(2,3)39)13-15-36-20-25(14-16-37)34-35-36)12-11-22-7-6-8-24(17-22)33-30(38)18-23-19-32-27-10-5-4-9-26(23)27/h4-10,17,19-21,28-29,31-32,37,39H,11-16,18H2,1-3H3,(H,33,38)/t21-,28+,29-,31+/m0/s1. The van der Waals surface area contributed by atoms with Gasteiger partial charge in [0.2, 0.25) is 5.91 Å². The predicted octanol–water partition coefficient (Wildman–Crippen LogP) is 4.47. The van der Waals surface area contributed by atoms with Crippen LogP contribution in [0.15, 0.2) is 60.9 Å². The first kappa shape index (κ1) is 29.2. The second-order valence-corrected chi connectivity index (χ2v) is 15.8. The maximum Gasteiger partial charge on any atom is 0.228 e. The van der Waals surface area contributed by atoms with E-state index >= 15 is 0 Å². The van der Waals surface area contributed by atoms with Crippen molar-refractivity contribution in [2.75, 3.05) is 11.9 Å². The van der Waals surface area contributed by atoms with E-state index in [1.807, 2.05) is 68.0 Å². The minimum atomic E-state index is -2.47. The topological polar surface area (TPSA) is 125 Å². The van der Waals surface area contributed by atoms with E-state index in [0.29, 0.717) is 19.4 Å². The van der Waals surface area contributed by atoms with Crippen LogP contribution >= 0.6 is 0 Å². The number of aromatic amines is 1. The summed E-state index contributed by atoms with van der Waals surface area (Å²) in [6.07, 6.45) is 7.00. The Morgan fingerprint density at radius 1 is 1.12 bits per heavy atom. The van der Waals surface area contributed by atoms with E-state index in [0.717, 1.165) is 52.7 Å². The summed E-state index contributed by atoms with van der Waals surface area (Å²) in [6, 6.07) is 16.0. The number of carbonyl (C=O) groups is 1. The maximum absolute atomic E-state index is 12.8. The number of nitrogens with one attached hydrogen (secondary N) is 2. The van der Waals surface area contributed by atoms with E-state index in [2.05, 4.69) is 33.6 Å². The molecule has 0 radical (unpaired) electrons. The molecular weight excluding hydrogens is 534 g/mol. The summed E-state index contributed by atoms with van der Waals surface area (Å²) in [5.41, 5.74) is 4.85. The smallest absolute Gasteiger partial charge is 0.228 e. The molecule has 9 nitrogen and oxygen atoms in total. The molecule has 1 saturated heterocycles. The third kappa shape index (κ3) is 7.13. The number of hydrogen-bond acceptors (Lipinski definition) is 6. The highest BCUT2D eigenvalue weighted by Gasteiger charge is 2.49. The number of nitrogens with zero attached hydrogens (tertiary/aromatic N) is 3. The largest absolute Gasteiger partial charge is 0.432 e. The predicted molar refractivity (Wildman–Crippen MR) is 162 cm³/mol. The number of fused-ring (bicyclic) bond motifs is 1. The summed E-state index contributed by atoms with van der Waals surface area (Å²) in [6.45, 7) is 6.92. The number of aryl methyl sites for hydroxylation is 2. The average molecular weight is 576 g/mol. The summed E-state index contributed by atoms with van der Waals surface area (Å²) in [5.74, 6) is 0.197. The molecule has 0 unspecified atom stereocenters. The van der Waals surface area contributed by atoms with Gasteiger partial charge in [-0.2, -0.15) is 0 Å². The first-order chi connectivity index (χ1) is 19.7. The molecule has 1 aliphatic rings. The van der Waals surface area contributed by atoms with Gasteiger partial charge in [0.1, 0.15) is 0 Å². The van der Waals surface area contributed by atoms with Crippen LogP contribution in [0.4, 0.5) is 5.69 Å². The summed E-state index contributed by atoms with van der Waals surface area (Å²) in [4.78, 5) is 27.2. The molecule has 0 spiro atoms. The van der Waals surface area contributed by atoms with Gasteiger partial charge < -0.3 is 24.9 Å². The zero-order chi connectivity index (χ0) is 29.0. The molecule has 0 aliphatic carbocycles. The Morgan fingerprint density at radius 3 is 2.76 bits per heavy atom. The van der Waals surface area contributed by atoms with Crippen molar-refractivity contribution in [1.82, 2.24) is 20.0 Å². The normalized spacial score (nSPS) is 21.0. The van der Waals surface area contributed by atoms with E-state index in [1.165, 1.54) is 0 Å². The van der Waals surface area contributed by atoms with Crippen LogP contribution in [0.25, 0.3) is 10.9 Å². The Kier molecular flexibility index (Phi) is 9.03. The third-order valence-corrected chi connectivity index (χ3v) is 10.8. The van der Waals surface area contributed by atoms with Gasteiger partial charge in [-0.1, -0.05) is 42.5 Å². The van der Waals surface area contributed by atoms with Gasteiger partial charge in [-0.3, -0.25) is 9.48 Å². The fourth-order valence-corrected chi connectivity index (χ4v) is 9.04. The molecule has 1 fully saturated rings. The average Bonchev–Trinajstić information content (AvgIpc) is 3.64. The van der Waals surface area contributed by atoms with Crippen LogP contribution in [0.2, 0.25) is 18.6 Å². The Labute approximate surface area is 242 Å². The van der Waals surface area contributed by atoms with E-state index in [1.54, 1.807) is 4.68 Å². The van der Waals surface area contributed by atoms with Crippen LogP contribution in [-0.4, -0.2) is 62.9 Å². The van der Waals surface area contributed by atoms with E-state index in [9.17, 15) is 9.59 Å². The highest BCUT2D eigenvalue weighted by atomic mass is 28.4. The Balaban J connectivity index is 1.17. The molecule has 4 aromatic rings. The van der Waals surface area contributed by atoms with Crippen molar-refractivity contribution >= 4 is 30.8 Å². The molecule has 3 heterocycles. The second kappa shape index (κ2) is 12.7. The number of H-pyrrole nitrogens is 1. The first-order valence-electron chi connectivity index (χ1n) is 14.5. The first-order valence-corrected chi connectivity index (χ1v) is 17.5. The maximum atomic E-state index is 12.8. The fourth-order valence-electron chi connectivity index (χ4n) is 6.39. The second-order valence-electron chi connectivity index (χ2n) is 11.8. The van der Waals surface area contributed by atoms with Gasteiger partial charge in [0.15, 0.2) is 8.32 Å². The lowest BCUT2D eigenvalue weighted by Gasteiger charge is -2.30. The van der Waals surface area contributed by atoms with Crippen molar-refractivity contribution in [1.29, 1.82) is 0 Å². The number of carbonyl (C=O) groups excluding carboxylic acids is 1. The molecule has 5 rings (SSSR count). The number of ether oxygens (including phenoxy) is 1. The molecule has 218 valence electrons. The van der Waals surface area contributed by atoms with Crippen molar-refractivity contribution in [3.8, 4) is 0 Å².